The van der Waals surface area contributed by atoms with Gasteiger partial charge in [0.25, 0.3) is 0 Å². The third kappa shape index (κ3) is 4.27. The molecule has 0 saturated carbocycles. The molecule has 1 aromatic rings. The maximum Gasteiger partial charge on any atom is 0.118 e. The van der Waals surface area contributed by atoms with Crippen LogP contribution in [0.2, 0.25) is 0 Å². The van der Waals surface area contributed by atoms with Gasteiger partial charge in [0, 0.05) is 18.8 Å². The van der Waals surface area contributed by atoms with Crippen LogP contribution in [0.15, 0.2) is 18.2 Å². The summed E-state index contributed by atoms with van der Waals surface area (Å²) < 4.78 is 5.41. The minimum absolute atomic E-state index is 0.127. The lowest BCUT2D eigenvalue weighted by atomic mass is 9.99. The Balaban J connectivity index is 2.62. The molecular formula is C14H23NO2. The summed E-state index contributed by atoms with van der Waals surface area (Å²) in [6.07, 6.45) is 0.920. The molecule has 1 unspecified atom stereocenters. The van der Waals surface area contributed by atoms with Crippen LogP contribution in [-0.4, -0.2) is 23.9 Å². The topological polar surface area (TPSA) is 41.5 Å². The molecule has 17 heavy (non-hydrogen) atoms. The lowest BCUT2D eigenvalue weighted by molar-refractivity contribution is 0.0128. The van der Waals surface area contributed by atoms with E-state index in [2.05, 4.69) is 26.1 Å². The first-order valence-corrected chi connectivity index (χ1v) is 5.95. The first kappa shape index (κ1) is 13.8. The number of phenolic OH excluding ortho intramolecular Hbond substituents is 1. The maximum absolute atomic E-state index is 9.45. The van der Waals surface area contributed by atoms with Gasteiger partial charge in [-0.05, 0) is 57.9 Å². The van der Waals surface area contributed by atoms with Gasteiger partial charge in [0.2, 0.25) is 0 Å². The Morgan fingerprint density at radius 2 is 2.06 bits per heavy atom. The van der Waals surface area contributed by atoms with Crippen LogP contribution >= 0.6 is 0 Å². The molecule has 2 N–H and O–H groups in total. The summed E-state index contributed by atoms with van der Waals surface area (Å²) in [6.45, 7) is 8.17. The van der Waals surface area contributed by atoms with Gasteiger partial charge in [-0.15, -0.1) is 0 Å². The van der Waals surface area contributed by atoms with Gasteiger partial charge in [-0.3, -0.25) is 0 Å². The highest BCUT2D eigenvalue weighted by atomic mass is 16.5. The molecule has 0 amide bonds. The molecule has 0 aromatic heterocycles. The van der Waals surface area contributed by atoms with Gasteiger partial charge < -0.3 is 15.2 Å². The molecular weight excluding hydrogens is 214 g/mol. The van der Waals surface area contributed by atoms with E-state index in [1.165, 1.54) is 0 Å². The Bertz CT molecular complexity index is 374. The molecule has 1 aromatic carbocycles. The van der Waals surface area contributed by atoms with Crippen LogP contribution in [0.4, 0.5) is 5.69 Å². The van der Waals surface area contributed by atoms with E-state index in [-0.39, 0.29) is 5.60 Å². The largest absolute Gasteiger partial charge is 0.508 e. The fraction of sp³-hybridized carbons (Fsp3) is 0.571. The fourth-order valence-electron chi connectivity index (χ4n) is 1.90. The van der Waals surface area contributed by atoms with Crippen LogP contribution in [0.3, 0.4) is 0 Å². The molecule has 3 heteroatoms. The molecule has 0 aliphatic heterocycles. The molecule has 96 valence electrons. The van der Waals surface area contributed by atoms with Crippen molar-refractivity contribution in [2.24, 2.45) is 0 Å². The van der Waals surface area contributed by atoms with Crippen LogP contribution in [0.1, 0.15) is 32.8 Å². The minimum Gasteiger partial charge on any atom is -0.508 e. The molecule has 0 fully saturated rings. The second-order valence-electron chi connectivity index (χ2n) is 5.21. The summed E-state index contributed by atoms with van der Waals surface area (Å²) in [4.78, 5) is 0. The number of hydrogen-bond acceptors (Lipinski definition) is 3. The summed E-state index contributed by atoms with van der Waals surface area (Å²) in [5, 5.41) is 12.9. The number of anilines is 1. The Hall–Kier alpha value is -1.22. The fourth-order valence-corrected chi connectivity index (χ4v) is 1.90. The molecule has 0 saturated heterocycles. The quantitative estimate of drug-likeness (QED) is 0.772. The van der Waals surface area contributed by atoms with E-state index in [4.69, 9.17) is 4.74 Å². The number of methoxy groups -OCH3 is 1. The Labute approximate surface area is 104 Å². The van der Waals surface area contributed by atoms with Crippen molar-refractivity contribution in [1.82, 2.24) is 0 Å². The second kappa shape index (κ2) is 5.41. The highest BCUT2D eigenvalue weighted by molar-refractivity contribution is 5.50. The molecule has 3 nitrogen and oxygen atoms in total. The average molecular weight is 237 g/mol. The zero-order valence-corrected chi connectivity index (χ0v) is 11.4. The van der Waals surface area contributed by atoms with Crippen LogP contribution < -0.4 is 5.32 Å². The van der Waals surface area contributed by atoms with Crippen molar-refractivity contribution in [2.75, 3.05) is 12.4 Å². The lowest BCUT2D eigenvalue weighted by Crippen LogP contribution is -2.31. The van der Waals surface area contributed by atoms with Gasteiger partial charge in [-0.1, -0.05) is 0 Å². The summed E-state index contributed by atoms with van der Waals surface area (Å²) in [7, 11) is 1.73. The van der Waals surface area contributed by atoms with Crippen LogP contribution in [0.25, 0.3) is 0 Å². The van der Waals surface area contributed by atoms with Crippen LogP contribution in [-0.2, 0) is 4.74 Å². The Morgan fingerprint density at radius 1 is 1.41 bits per heavy atom. The molecule has 1 rings (SSSR count). The number of aromatic hydroxyl groups is 1. The first-order chi connectivity index (χ1) is 7.84. The van der Waals surface area contributed by atoms with E-state index < -0.39 is 0 Å². The van der Waals surface area contributed by atoms with Crippen molar-refractivity contribution in [3.8, 4) is 5.75 Å². The van der Waals surface area contributed by atoms with Crippen molar-refractivity contribution in [1.29, 1.82) is 0 Å². The maximum atomic E-state index is 9.45. The number of aryl methyl sites for hydroxylation is 1. The van der Waals surface area contributed by atoms with E-state index in [9.17, 15) is 5.11 Å². The van der Waals surface area contributed by atoms with Crippen LogP contribution in [0.5, 0.6) is 5.75 Å². The van der Waals surface area contributed by atoms with Gasteiger partial charge in [0.15, 0.2) is 0 Å². The van der Waals surface area contributed by atoms with Crippen molar-refractivity contribution >= 4 is 5.69 Å². The van der Waals surface area contributed by atoms with Gasteiger partial charge in [0.1, 0.15) is 5.75 Å². The number of rotatable bonds is 5. The third-order valence-corrected chi connectivity index (χ3v) is 2.96. The Morgan fingerprint density at radius 3 is 2.59 bits per heavy atom. The number of nitrogens with one attached hydrogen (secondary N) is 1. The molecule has 0 spiro atoms. The Kier molecular flexibility index (Phi) is 4.40. The van der Waals surface area contributed by atoms with E-state index in [1.54, 1.807) is 13.2 Å². The van der Waals surface area contributed by atoms with Gasteiger partial charge in [0.05, 0.1) is 5.60 Å². The number of phenols is 1. The molecule has 0 aliphatic rings. The van der Waals surface area contributed by atoms with Crippen molar-refractivity contribution in [2.45, 2.75) is 45.8 Å². The number of ether oxygens (including phenoxy) is 1. The number of benzene rings is 1. The van der Waals surface area contributed by atoms with E-state index in [1.807, 2.05) is 19.1 Å². The van der Waals surface area contributed by atoms with Crippen molar-refractivity contribution in [3.63, 3.8) is 0 Å². The summed E-state index contributed by atoms with van der Waals surface area (Å²) >= 11 is 0. The highest BCUT2D eigenvalue weighted by Crippen LogP contribution is 2.23. The smallest absolute Gasteiger partial charge is 0.118 e. The third-order valence-electron chi connectivity index (χ3n) is 2.96. The number of hydrogen-bond donors (Lipinski definition) is 2. The molecule has 0 aliphatic carbocycles. The highest BCUT2D eigenvalue weighted by Gasteiger charge is 2.20. The SMILES string of the molecule is COC(C)(C)CC(C)Nc1ccc(O)c(C)c1. The molecule has 0 bridgehead atoms. The van der Waals surface area contributed by atoms with Crippen LogP contribution in [0, 0.1) is 6.92 Å². The normalized spacial score (nSPS) is 13.5. The van der Waals surface area contributed by atoms with Gasteiger partial charge in [-0.25, -0.2) is 0 Å². The summed E-state index contributed by atoms with van der Waals surface area (Å²) in [5.74, 6) is 0.334. The molecule has 0 radical (unpaired) electrons. The van der Waals surface area contributed by atoms with Crippen molar-refractivity contribution < 1.29 is 9.84 Å². The van der Waals surface area contributed by atoms with Crippen molar-refractivity contribution in [3.05, 3.63) is 23.8 Å². The standard InChI is InChI=1S/C14H23NO2/c1-10-8-12(6-7-13(10)16)15-11(2)9-14(3,4)17-5/h6-8,11,15-16H,9H2,1-5H3. The zero-order valence-electron chi connectivity index (χ0n) is 11.4. The van der Waals surface area contributed by atoms with Gasteiger partial charge >= 0.3 is 0 Å². The predicted octanol–water partition coefficient (Wildman–Crippen LogP) is 3.32. The van der Waals surface area contributed by atoms with E-state index in [0.717, 1.165) is 17.7 Å². The lowest BCUT2D eigenvalue weighted by Gasteiger charge is -2.27. The zero-order chi connectivity index (χ0) is 13.1. The monoisotopic (exact) mass is 237 g/mol. The van der Waals surface area contributed by atoms with E-state index in [0.29, 0.717) is 11.8 Å². The van der Waals surface area contributed by atoms with E-state index >= 15 is 0 Å². The molecule has 0 heterocycles. The second-order valence-corrected chi connectivity index (χ2v) is 5.21. The average Bonchev–Trinajstić information content (AvgIpc) is 2.23. The predicted molar refractivity (Wildman–Crippen MR) is 71.6 cm³/mol. The summed E-state index contributed by atoms with van der Waals surface area (Å²) in [5.41, 5.74) is 1.78. The molecule has 1 atom stereocenters. The summed E-state index contributed by atoms with van der Waals surface area (Å²) in [6, 6.07) is 5.87. The van der Waals surface area contributed by atoms with Gasteiger partial charge in [-0.2, -0.15) is 0 Å². The minimum atomic E-state index is -0.127. The first-order valence-electron chi connectivity index (χ1n) is 5.95.